The van der Waals surface area contributed by atoms with Crippen LogP contribution in [-0.2, 0) is 4.79 Å². The molecule has 1 aliphatic heterocycles. The largest absolute Gasteiger partial charge is 0.431 e. The topological polar surface area (TPSA) is 46.3 Å². The number of fused-ring (bicyclic) bond motifs is 1. The lowest BCUT2D eigenvalue weighted by Crippen LogP contribution is -2.33. The van der Waals surface area contributed by atoms with Crippen LogP contribution < -0.4 is 0 Å². The molecule has 0 radical (unpaired) electrons. The van der Waals surface area contributed by atoms with E-state index in [4.69, 9.17) is 16.0 Å². The molecule has 2 aromatic rings. The minimum atomic E-state index is 0.169. The summed E-state index contributed by atoms with van der Waals surface area (Å²) in [6.45, 7) is 1.76. The Labute approximate surface area is 132 Å². The lowest BCUT2D eigenvalue weighted by atomic mass is 10.2. The zero-order valence-corrected chi connectivity index (χ0v) is 13.3. The SMILES string of the molecule is O=C(CSc1nc2cc(Cl)ccc2o1)N1CCCCCC1. The average Bonchev–Trinajstić information content (AvgIpc) is 2.69. The van der Waals surface area contributed by atoms with E-state index < -0.39 is 0 Å². The van der Waals surface area contributed by atoms with Crippen LogP contribution in [0.2, 0.25) is 5.02 Å². The monoisotopic (exact) mass is 324 g/mol. The lowest BCUT2D eigenvalue weighted by molar-refractivity contribution is -0.128. The van der Waals surface area contributed by atoms with Crippen LogP contribution in [0, 0.1) is 0 Å². The maximum absolute atomic E-state index is 12.2. The summed E-state index contributed by atoms with van der Waals surface area (Å²) in [6, 6.07) is 5.33. The van der Waals surface area contributed by atoms with E-state index in [1.165, 1.54) is 24.6 Å². The molecule has 112 valence electrons. The number of hydrogen-bond donors (Lipinski definition) is 0. The highest BCUT2D eigenvalue weighted by atomic mass is 35.5. The molecular weight excluding hydrogens is 308 g/mol. The first-order chi connectivity index (χ1) is 10.2. The third kappa shape index (κ3) is 3.71. The van der Waals surface area contributed by atoms with Crippen LogP contribution in [0.5, 0.6) is 0 Å². The molecular formula is C15H17ClN2O2S. The lowest BCUT2D eigenvalue weighted by Gasteiger charge is -2.19. The van der Waals surface area contributed by atoms with E-state index in [-0.39, 0.29) is 5.91 Å². The molecule has 21 heavy (non-hydrogen) atoms. The highest BCUT2D eigenvalue weighted by molar-refractivity contribution is 7.99. The molecule has 2 heterocycles. The number of hydrogen-bond acceptors (Lipinski definition) is 4. The summed E-state index contributed by atoms with van der Waals surface area (Å²) in [6.07, 6.45) is 4.67. The Hall–Kier alpha value is -1.20. The highest BCUT2D eigenvalue weighted by Crippen LogP contribution is 2.26. The van der Waals surface area contributed by atoms with Gasteiger partial charge in [0, 0.05) is 18.1 Å². The Bertz CT molecular complexity index is 636. The van der Waals surface area contributed by atoms with Gasteiger partial charge in [-0.1, -0.05) is 36.2 Å². The van der Waals surface area contributed by atoms with Crippen molar-refractivity contribution in [1.29, 1.82) is 0 Å². The van der Waals surface area contributed by atoms with Gasteiger partial charge in [0.15, 0.2) is 5.58 Å². The maximum atomic E-state index is 12.2. The molecule has 1 aromatic carbocycles. The molecule has 0 bridgehead atoms. The number of rotatable bonds is 3. The normalized spacial score (nSPS) is 16.1. The van der Waals surface area contributed by atoms with Gasteiger partial charge < -0.3 is 9.32 Å². The van der Waals surface area contributed by atoms with Gasteiger partial charge in [-0.25, -0.2) is 4.98 Å². The van der Waals surface area contributed by atoms with Crippen LogP contribution in [-0.4, -0.2) is 34.6 Å². The first-order valence-electron chi connectivity index (χ1n) is 7.19. The predicted molar refractivity (Wildman–Crippen MR) is 84.8 cm³/mol. The number of carbonyl (C=O) groups is 1. The fourth-order valence-corrected chi connectivity index (χ4v) is 3.38. The molecule has 1 aromatic heterocycles. The Morgan fingerprint density at radius 2 is 2.05 bits per heavy atom. The zero-order valence-electron chi connectivity index (χ0n) is 11.7. The fraction of sp³-hybridized carbons (Fsp3) is 0.467. The van der Waals surface area contributed by atoms with Crippen molar-refractivity contribution in [1.82, 2.24) is 9.88 Å². The van der Waals surface area contributed by atoms with Crippen molar-refractivity contribution in [2.75, 3.05) is 18.8 Å². The van der Waals surface area contributed by atoms with Crippen LogP contribution in [0.25, 0.3) is 11.1 Å². The van der Waals surface area contributed by atoms with Gasteiger partial charge in [-0.05, 0) is 31.0 Å². The molecule has 4 nitrogen and oxygen atoms in total. The Morgan fingerprint density at radius 1 is 1.29 bits per heavy atom. The molecule has 3 rings (SSSR count). The van der Waals surface area contributed by atoms with Gasteiger partial charge in [-0.15, -0.1) is 0 Å². The minimum Gasteiger partial charge on any atom is -0.431 e. The van der Waals surface area contributed by atoms with E-state index in [1.54, 1.807) is 18.2 Å². The van der Waals surface area contributed by atoms with Gasteiger partial charge in [-0.2, -0.15) is 0 Å². The number of aromatic nitrogens is 1. The van der Waals surface area contributed by atoms with Crippen molar-refractivity contribution in [2.45, 2.75) is 30.9 Å². The van der Waals surface area contributed by atoms with Crippen LogP contribution in [0.3, 0.4) is 0 Å². The molecule has 0 spiro atoms. The molecule has 1 fully saturated rings. The van der Waals surface area contributed by atoms with Crippen LogP contribution in [0.15, 0.2) is 27.8 Å². The number of likely N-dealkylation sites (tertiary alicyclic amines) is 1. The molecule has 0 N–H and O–H groups in total. The van der Waals surface area contributed by atoms with E-state index >= 15 is 0 Å². The second-order valence-electron chi connectivity index (χ2n) is 5.18. The predicted octanol–water partition coefficient (Wildman–Crippen LogP) is 3.98. The first kappa shape index (κ1) is 14.7. The van der Waals surface area contributed by atoms with Crippen molar-refractivity contribution in [3.05, 3.63) is 23.2 Å². The quantitative estimate of drug-likeness (QED) is 0.801. The molecule has 0 saturated carbocycles. The van der Waals surface area contributed by atoms with Gasteiger partial charge in [0.1, 0.15) is 5.52 Å². The van der Waals surface area contributed by atoms with Gasteiger partial charge >= 0.3 is 0 Å². The Kier molecular flexibility index (Phi) is 4.70. The van der Waals surface area contributed by atoms with Gasteiger partial charge in [0.25, 0.3) is 5.22 Å². The summed E-state index contributed by atoms with van der Waals surface area (Å²) in [4.78, 5) is 18.5. The van der Waals surface area contributed by atoms with Crippen LogP contribution in [0.1, 0.15) is 25.7 Å². The summed E-state index contributed by atoms with van der Waals surface area (Å²) >= 11 is 7.27. The number of benzene rings is 1. The average molecular weight is 325 g/mol. The molecule has 0 atom stereocenters. The number of amides is 1. The highest BCUT2D eigenvalue weighted by Gasteiger charge is 2.17. The molecule has 6 heteroatoms. The molecule has 1 amide bonds. The fourth-order valence-electron chi connectivity index (χ4n) is 2.48. The standard InChI is InChI=1S/C15H17ClN2O2S/c16-11-5-6-13-12(9-11)17-15(20-13)21-10-14(19)18-7-3-1-2-4-8-18/h5-6,9H,1-4,7-8,10H2. The summed E-state index contributed by atoms with van der Waals surface area (Å²) in [5.74, 6) is 0.544. The van der Waals surface area contributed by atoms with Gasteiger partial charge in [0.2, 0.25) is 5.91 Å². The van der Waals surface area contributed by atoms with Crippen molar-refractivity contribution in [3.8, 4) is 0 Å². The molecule has 1 saturated heterocycles. The number of halogens is 1. The second kappa shape index (κ2) is 6.71. The second-order valence-corrected chi connectivity index (χ2v) is 6.54. The third-order valence-corrected chi connectivity index (χ3v) is 4.66. The smallest absolute Gasteiger partial charge is 0.257 e. The van der Waals surface area contributed by atoms with Crippen LogP contribution >= 0.6 is 23.4 Å². The van der Waals surface area contributed by atoms with Gasteiger partial charge in [-0.3, -0.25) is 4.79 Å². The summed E-state index contributed by atoms with van der Waals surface area (Å²) in [7, 11) is 0. The number of oxazole rings is 1. The molecule has 1 aliphatic rings. The number of nitrogens with zero attached hydrogens (tertiary/aromatic N) is 2. The maximum Gasteiger partial charge on any atom is 0.257 e. The third-order valence-electron chi connectivity index (χ3n) is 3.61. The molecule has 0 unspecified atom stereocenters. The number of carbonyl (C=O) groups excluding carboxylic acids is 1. The zero-order chi connectivity index (χ0) is 14.7. The Morgan fingerprint density at radius 3 is 2.81 bits per heavy atom. The van der Waals surface area contributed by atoms with Crippen molar-refractivity contribution in [2.24, 2.45) is 0 Å². The van der Waals surface area contributed by atoms with Crippen molar-refractivity contribution < 1.29 is 9.21 Å². The van der Waals surface area contributed by atoms with Crippen molar-refractivity contribution in [3.63, 3.8) is 0 Å². The number of thioether (sulfide) groups is 1. The van der Waals surface area contributed by atoms with E-state index in [0.29, 0.717) is 21.6 Å². The van der Waals surface area contributed by atoms with E-state index in [1.807, 2.05) is 4.90 Å². The summed E-state index contributed by atoms with van der Waals surface area (Å²) in [5.41, 5.74) is 1.43. The first-order valence-corrected chi connectivity index (χ1v) is 8.55. The Balaban J connectivity index is 1.61. The van der Waals surface area contributed by atoms with Crippen LogP contribution in [0.4, 0.5) is 0 Å². The minimum absolute atomic E-state index is 0.169. The van der Waals surface area contributed by atoms with E-state index in [9.17, 15) is 4.79 Å². The van der Waals surface area contributed by atoms with E-state index in [2.05, 4.69) is 4.98 Å². The van der Waals surface area contributed by atoms with E-state index in [0.717, 1.165) is 31.4 Å². The van der Waals surface area contributed by atoms with Gasteiger partial charge in [0.05, 0.1) is 5.75 Å². The summed E-state index contributed by atoms with van der Waals surface area (Å²) < 4.78 is 5.61. The van der Waals surface area contributed by atoms with Crippen molar-refractivity contribution >= 4 is 40.4 Å². The summed E-state index contributed by atoms with van der Waals surface area (Å²) in [5, 5.41) is 1.16. The molecule has 0 aliphatic carbocycles.